The highest BCUT2D eigenvalue weighted by atomic mass is 19.1. The second-order valence-electron chi connectivity index (χ2n) is 6.90. The average molecular weight is 369 g/mol. The van der Waals surface area contributed by atoms with Gasteiger partial charge in [-0.25, -0.2) is 9.18 Å². The van der Waals surface area contributed by atoms with Crippen molar-refractivity contribution in [2.75, 3.05) is 11.9 Å². The molecule has 1 aliphatic rings. The minimum Gasteiger partial charge on any atom is -0.337 e. The fourth-order valence-corrected chi connectivity index (χ4v) is 3.20. The van der Waals surface area contributed by atoms with Crippen LogP contribution in [0.4, 0.5) is 14.9 Å². The summed E-state index contributed by atoms with van der Waals surface area (Å²) >= 11 is 0. The number of anilines is 1. The van der Waals surface area contributed by atoms with E-state index in [-0.39, 0.29) is 5.91 Å². The fourth-order valence-electron chi connectivity index (χ4n) is 3.20. The molecule has 2 N–H and O–H groups in total. The lowest BCUT2D eigenvalue weighted by molar-refractivity contribution is -0.133. The summed E-state index contributed by atoms with van der Waals surface area (Å²) in [5.41, 5.74) is 2.60. The molecule has 6 heteroatoms. The van der Waals surface area contributed by atoms with Gasteiger partial charge in [-0.1, -0.05) is 35.9 Å². The molecular weight excluding hydrogens is 345 g/mol. The van der Waals surface area contributed by atoms with Gasteiger partial charge in [0.1, 0.15) is 11.9 Å². The molecule has 1 aliphatic heterocycles. The molecule has 1 fully saturated rings. The van der Waals surface area contributed by atoms with Gasteiger partial charge >= 0.3 is 6.03 Å². The lowest BCUT2D eigenvalue weighted by Crippen LogP contribution is -2.48. The van der Waals surface area contributed by atoms with E-state index in [9.17, 15) is 14.0 Å². The van der Waals surface area contributed by atoms with Crippen LogP contribution in [0.15, 0.2) is 48.5 Å². The first kappa shape index (κ1) is 18.9. The molecule has 0 aromatic heterocycles. The minimum absolute atomic E-state index is 0.0810. The largest absolute Gasteiger partial charge is 0.337 e. The molecule has 0 spiro atoms. The molecule has 1 heterocycles. The van der Waals surface area contributed by atoms with Crippen LogP contribution >= 0.6 is 0 Å². The number of likely N-dealkylation sites (tertiary alicyclic amines) is 1. The maximum Gasteiger partial charge on any atom is 0.319 e. The third-order valence-electron chi connectivity index (χ3n) is 4.66. The van der Waals surface area contributed by atoms with Gasteiger partial charge in [-0.15, -0.1) is 0 Å². The van der Waals surface area contributed by atoms with E-state index < -0.39 is 17.9 Å². The highest BCUT2D eigenvalue weighted by molar-refractivity contribution is 5.93. The summed E-state index contributed by atoms with van der Waals surface area (Å²) in [5.74, 6) is -0.509. The number of hydrogen-bond donors (Lipinski definition) is 2. The Balaban J connectivity index is 1.62. The van der Waals surface area contributed by atoms with Crippen molar-refractivity contribution >= 4 is 17.6 Å². The Kier molecular flexibility index (Phi) is 6.06. The highest BCUT2D eigenvalue weighted by Gasteiger charge is 2.28. The molecule has 0 aliphatic carbocycles. The zero-order chi connectivity index (χ0) is 19.2. The lowest BCUT2D eigenvalue weighted by Gasteiger charge is -2.25. The Morgan fingerprint density at radius 2 is 1.96 bits per heavy atom. The third-order valence-corrected chi connectivity index (χ3v) is 4.66. The Labute approximate surface area is 158 Å². The standard InChI is InChI=1S/C21H24FN3O2/c1-15-8-10-16(11-9-15)14-25-12-3-2-7-19(20(25)26)24-21(27)23-18-6-4-5-17(22)13-18/h4-6,8-11,13,19H,2-3,7,12,14H2,1H3,(H2,23,24,27). The molecule has 2 aromatic carbocycles. The molecule has 142 valence electrons. The predicted molar refractivity (Wildman–Crippen MR) is 103 cm³/mol. The number of nitrogens with zero attached hydrogens (tertiary/aromatic N) is 1. The zero-order valence-electron chi connectivity index (χ0n) is 15.4. The fraction of sp³-hybridized carbons (Fsp3) is 0.333. The van der Waals surface area contributed by atoms with Gasteiger partial charge in [-0.2, -0.15) is 0 Å². The zero-order valence-corrected chi connectivity index (χ0v) is 15.4. The number of aryl methyl sites for hydroxylation is 1. The van der Waals surface area contributed by atoms with Gasteiger partial charge in [0.25, 0.3) is 0 Å². The number of halogens is 1. The predicted octanol–water partition coefficient (Wildman–Crippen LogP) is 3.84. The van der Waals surface area contributed by atoms with Crippen molar-refractivity contribution in [1.29, 1.82) is 0 Å². The highest BCUT2D eigenvalue weighted by Crippen LogP contribution is 2.16. The number of urea groups is 1. The van der Waals surface area contributed by atoms with Crippen LogP contribution in [0.2, 0.25) is 0 Å². The van der Waals surface area contributed by atoms with Gasteiger partial charge in [-0.05, 0) is 49.9 Å². The van der Waals surface area contributed by atoms with Crippen molar-refractivity contribution in [3.8, 4) is 0 Å². The van der Waals surface area contributed by atoms with Gasteiger partial charge in [0.05, 0.1) is 0 Å². The molecular formula is C21H24FN3O2. The van der Waals surface area contributed by atoms with E-state index in [1.165, 1.54) is 23.8 Å². The smallest absolute Gasteiger partial charge is 0.319 e. The second-order valence-corrected chi connectivity index (χ2v) is 6.90. The van der Waals surface area contributed by atoms with Crippen molar-refractivity contribution in [1.82, 2.24) is 10.2 Å². The van der Waals surface area contributed by atoms with Crippen molar-refractivity contribution in [2.45, 2.75) is 38.8 Å². The SMILES string of the molecule is Cc1ccc(CN2CCCCC(NC(=O)Nc3cccc(F)c3)C2=O)cc1. The lowest BCUT2D eigenvalue weighted by atomic mass is 10.1. The third kappa shape index (κ3) is 5.29. The van der Waals surface area contributed by atoms with Gasteiger partial charge in [0.2, 0.25) is 5.91 Å². The maximum absolute atomic E-state index is 13.2. The monoisotopic (exact) mass is 369 g/mol. The van der Waals surface area contributed by atoms with Crippen molar-refractivity contribution in [3.63, 3.8) is 0 Å². The van der Waals surface area contributed by atoms with Crippen molar-refractivity contribution in [2.24, 2.45) is 0 Å². The van der Waals surface area contributed by atoms with Gasteiger partial charge in [0, 0.05) is 18.8 Å². The summed E-state index contributed by atoms with van der Waals surface area (Å²) in [7, 11) is 0. The molecule has 3 amide bonds. The van der Waals surface area contributed by atoms with E-state index in [0.717, 1.165) is 18.4 Å². The molecule has 2 aromatic rings. The molecule has 1 atom stereocenters. The number of amides is 3. The van der Waals surface area contributed by atoms with Crippen molar-refractivity contribution in [3.05, 3.63) is 65.5 Å². The average Bonchev–Trinajstić information content (AvgIpc) is 2.79. The van der Waals surface area contributed by atoms with Gasteiger partial charge in [-0.3, -0.25) is 4.79 Å². The Hall–Kier alpha value is -2.89. The molecule has 1 unspecified atom stereocenters. The van der Waals surface area contributed by atoms with E-state index in [1.807, 2.05) is 31.2 Å². The van der Waals surface area contributed by atoms with E-state index in [0.29, 0.717) is 25.2 Å². The van der Waals surface area contributed by atoms with Gasteiger partial charge < -0.3 is 15.5 Å². The van der Waals surface area contributed by atoms with Crippen LogP contribution in [0.5, 0.6) is 0 Å². The molecule has 3 rings (SSSR count). The molecule has 0 radical (unpaired) electrons. The molecule has 27 heavy (non-hydrogen) atoms. The van der Waals surface area contributed by atoms with Crippen LogP contribution in [-0.4, -0.2) is 29.4 Å². The molecule has 1 saturated heterocycles. The topological polar surface area (TPSA) is 61.4 Å². The summed E-state index contributed by atoms with van der Waals surface area (Å²) in [5, 5.41) is 5.32. The van der Waals surface area contributed by atoms with E-state index >= 15 is 0 Å². The van der Waals surface area contributed by atoms with Crippen molar-refractivity contribution < 1.29 is 14.0 Å². The first-order valence-corrected chi connectivity index (χ1v) is 9.19. The summed E-state index contributed by atoms with van der Waals surface area (Å²) in [4.78, 5) is 26.9. The van der Waals surface area contributed by atoms with Crippen LogP contribution in [-0.2, 0) is 11.3 Å². The number of benzene rings is 2. The normalized spacial score (nSPS) is 17.3. The van der Waals surface area contributed by atoms with Gasteiger partial charge in [0.15, 0.2) is 0 Å². The first-order chi connectivity index (χ1) is 13.0. The maximum atomic E-state index is 13.2. The quantitative estimate of drug-likeness (QED) is 0.860. The van der Waals surface area contributed by atoms with E-state index in [4.69, 9.17) is 0 Å². The first-order valence-electron chi connectivity index (χ1n) is 9.19. The second kappa shape index (κ2) is 8.66. The summed E-state index contributed by atoms with van der Waals surface area (Å²) in [6.45, 7) is 3.23. The summed E-state index contributed by atoms with van der Waals surface area (Å²) in [6, 6.07) is 12.7. The number of carbonyl (C=O) groups excluding carboxylic acids is 2. The van der Waals surface area contributed by atoms with Crippen LogP contribution in [0, 0.1) is 12.7 Å². The molecule has 5 nitrogen and oxygen atoms in total. The Bertz CT molecular complexity index is 807. The number of carbonyl (C=O) groups is 2. The van der Waals surface area contributed by atoms with Crippen LogP contribution in [0.1, 0.15) is 30.4 Å². The summed E-state index contributed by atoms with van der Waals surface area (Å²) in [6.07, 6.45) is 2.36. The van der Waals surface area contributed by atoms with Crippen LogP contribution in [0.3, 0.4) is 0 Å². The molecule has 0 saturated carbocycles. The number of rotatable bonds is 4. The van der Waals surface area contributed by atoms with E-state index in [2.05, 4.69) is 10.6 Å². The van der Waals surface area contributed by atoms with Crippen LogP contribution in [0.25, 0.3) is 0 Å². The summed E-state index contributed by atoms with van der Waals surface area (Å²) < 4.78 is 13.2. The van der Waals surface area contributed by atoms with Crippen LogP contribution < -0.4 is 10.6 Å². The Morgan fingerprint density at radius 1 is 1.19 bits per heavy atom. The molecule has 0 bridgehead atoms. The Morgan fingerprint density at radius 3 is 2.70 bits per heavy atom. The van der Waals surface area contributed by atoms with E-state index in [1.54, 1.807) is 11.0 Å². The number of hydrogen-bond acceptors (Lipinski definition) is 2. The number of nitrogens with one attached hydrogen (secondary N) is 2. The minimum atomic E-state index is -0.577.